The molecule has 0 saturated heterocycles. The molecule has 1 aromatic heterocycles. The lowest BCUT2D eigenvalue weighted by molar-refractivity contribution is 1.09. The van der Waals surface area contributed by atoms with E-state index in [9.17, 15) is 0 Å². The van der Waals surface area contributed by atoms with Gasteiger partial charge in [-0.3, -0.25) is 5.10 Å². The summed E-state index contributed by atoms with van der Waals surface area (Å²) in [5, 5.41) is 6.21. The summed E-state index contributed by atoms with van der Waals surface area (Å²) < 4.78 is 0. The maximum atomic E-state index is 5.53. The molecule has 0 radical (unpaired) electrons. The molecule has 3 heteroatoms. The summed E-state index contributed by atoms with van der Waals surface area (Å²) in [5.41, 5.74) is 1.18. The maximum absolute atomic E-state index is 5.53. The Labute approximate surface area is 82.6 Å². The molecule has 0 fully saturated rings. The Balaban J connectivity index is 0.000000145. The van der Waals surface area contributed by atoms with Crippen LogP contribution in [0.5, 0.6) is 0 Å². The van der Waals surface area contributed by atoms with Gasteiger partial charge in [0.05, 0.1) is 0 Å². The highest BCUT2D eigenvalue weighted by atomic mass is 35.5. The summed E-state index contributed by atoms with van der Waals surface area (Å²) in [6, 6.07) is 11.8. The number of rotatable bonds is 1. The van der Waals surface area contributed by atoms with Crippen molar-refractivity contribution < 1.29 is 0 Å². The quantitative estimate of drug-likeness (QED) is 0.695. The predicted molar refractivity (Wildman–Crippen MR) is 54.6 cm³/mol. The van der Waals surface area contributed by atoms with Crippen molar-refractivity contribution >= 4 is 11.6 Å². The Hall–Kier alpha value is -1.28. The highest BCUT2D eigenvalue weighted by molar-refractivity contribution is 6.17. The number of hydrogen-bond donors (Lipinski definition) is 1. The van der Waals surface area contributed by atoms with E-state index in [1.54, 1.807) is 12.4 Å². The Morgan fingerprint density at radius 2 is 1.92 bits per heavy atom. The lowest BCUT2D eigenvalue weighted by Gasteiger charge is -1.88. The van der Waals surface area contributed by atoms with E-state index < -0.39 is 0 Å². The molecule has 0 spiro atoms. The highest BCUT2D eigenvalue weighted by Crippen LogP contribution is 2.00. The number of benzene rings is 1. The Morgan fingerprint density at radius 1 is 1.15 bits per heavy atom. The fraction of sp³-hybridized carbons (Fsp3) is 0.100. The number of halogens is 1. The van der Waals surface area contributed by atoms with Crippen LogP contribution in [0.2, 0.25) is 0 Å². The molecule has 0 aliphatic rings. The highest BCUT2D eigenvalue weighted by Gasteiger charge is 1.81. The van der Waals surface area contributed by atoms with Crippen LogP contribution in [-0.2, 0) is 5.88 Å². The van der Waals surface area contributed by atoms with E-state index in [1.165, 1.54) is 5.56 Å². The fourth-order valence-electron chi connectivity index (χ4n) is 0.782. The zero-order valence-corrected chi connectivity index (χ0v) is 7.91. The second kappa shape index (κ2) is 6.26. The number of alkyl halides is 1. The molecular weight excluding hydrogens is 184 g/mol. The molecule has 0 aliphatic heterocycles. The number of nitrogens with one attached hydrogen (secondary N) is 1. The first-order chi connectivity index (χ1) is 6.43. The first-order valence-corrected chi connectivity index (χ1v) is 4.50. The minimum Gasteiger partial charge on any atom is -0.286 e. The van der Waals surface area contributed by atoms with Gasteiger partial charge in [-0.05, 0) is 11.6 Å². The van der Waals surface area contributed by atoms with Crippen LogP contribution in [0.1, 0.15) is 5.56 Å². The van der Waals surface area contributed by atoms with Gasteiger partial charge in [-0.2, -0.15) is 5.10 Å². The molecule has 0 aliphatic carbocycles. The molecule has 1 aromatic carbocycles. The third-order valence-corrected chi connectivity index (χ3v) is 1.71. The summed E-state index contributed by atoms with van der Waals surface area (Å²) in [6.07, 6.45) is 3.46. The molecule has 0 atom stereocenters. The third kappa shape index (κ3) is 4.33. The van der Waals surface area contributed by atoms with Crippen LogP contribution in [0.3, 0.4) is 0 Å². The first kappa shape index (κ1) is 9.81. The van der Waals surface area contributed by atoms with Crippen molar-refractivity contribution in [2.24, 2.45) is 0 Å². The summed E-state index contributed by atoms with van der Waals surface area (Å²) >= 11 is 5.53. The van der Waals surface area contributed by atoms with Gasteiger partial charge in [-0.1, -0.05) is 30.3 Å². The van der Waals surface area contributed by atoms with Crippen molar-refractivity contribution in [3.05, 3.63) is 54.4 Å². The van der Waals surface area contributed by atoms with Crippen LogP contribution in [0, 0.1) is 0 Å². The van der Waals surface area contributed by atoms with Gasteiger partial charge in [0, 0.05) is 18.3 Å². The number of H-pyrrole nitrogens is 1. The number of aromatic nitrogens is 2. The Kier molecular flexibility index (Phi) is 4.72. The van der Waals surface area contributed by atoms with E-state index in [-0.39, 0.29) is 0 Å². The van der Waals surface area contributed by atoms with Gasteiger partial charge < -0.3 is 0 Å². The van der Waals surface area contributed by atoms with Crippen LogP contribution in [0.4, 0.5) is 0 Å². The Bertz CT molecular complexity index is 275. The summed E-state index contributed by atoms with van der Waals surface area (Å²) in [6.45, 7) is 0. The van der Waals surface area contributed by atoms with Gasteiger partial charge in [-0.25, -0.2) is 0 Å². The second-order valence-corrected chi connectivity index (χ2v) is 2.65. The minimum absolute atomic E-state index is 0.612. The van der Waals surface area contributed by atoms with Gasteiger partial charge in [0.25, 0.3) is 0 Å². The molecule has 1 heterocycles. The molecule has 13 heavy (non-hydrogen) atoms. The molecule has 0 saturated carbocycles. The van der Waals surface area contributed by atoms with Crippen molar-refractivity contribution in [3.8, 4) is 0 Å². The average molecular weight is 195 g/mol. The molecule has 2 aromatic rings. The molecule has 0 unspecified atom stereocenters. The zero-order chi connectivity index (χ0) is 9.36. The van der Waals surface area contributed by atoms with Gasteiger partial charge in [0.15, 0.2) is 0 Å². The molecule has 0 bridgehead atoms. The second-order valence-electron chi connectivity index (χ2n) is 2.39. The van der Waals surface area contributed by atoms with E-state index >= 15 is 0 Å². The lowest BCUT2D eigenvalue weighted by atomic mass is 10.2. The van der Waals surface area contributed by atoms with Gasteiger partial charge in [0.1, 0.15) is 0 Å². The first-order valence-electron chi connectivity index (χ1n) is 3.97. The van der Waals surface area contributed by atoms with Crippen LogP contribution >= 0.6 is 11.6 Å². The molecular formula is C10H11ClN2. The summed E-state index contributed by atoms with van der Waals surface area (Å²) in [7, 11) is 0. The van der Waals surface area contributed by atoms with Crippen molar-refractivity contribution in [2.75, 3.05) is 0 Å². The summed E-state index contributed by atoms with van der Waals surface area (Å²) in [4.78, 5) is 0. The van der Waals surface area contributed by atoms with Gasteiger partial charge in [0.2, 0.25) is 0 Å². The van der Waals surface area contributed by atoms with Crippen molar-refractivity contribution in [1.29, 1.82) is 0 Å². The van der Waals surface area contributed by atoms with Crippen LogP contribution < -0.4 is 0 Å². The van der Waals surface area contributed by atoms with Crippen LogP contribution in [0.15, 0.2) is 48.8 Å². The number of nitrogens with zero attached hydrogens (tertiary/aromatic N) is 1. The topological polar surface area (TPSA) is 28.7 Å². The van der Waals surface area contributed by atoms with Crippen molar-refractivity contribution in [3.63, 3.8) is 0 Å². The molecule has 68 valence electrons. The van der Waals surface area contributed by atoms with E-state index in [4.69, 9.17) is 11.6 Å². The SMILES string of the molecule is ClCc1ccccc1.c1cn[nH]c1. The zero-order valence-electron chi connectivity index (χ0n) is 7.15. The third-order valence-electron chi connectivity index (χ3n) is 1.40. The molecule has 1 N–H and O–H groups in total. The van der Waals surface area contributed by atoms with Crippen molar-refractivity contribution in [2.45, 2.75) is 5.88 Å². The number of aromatic amines is 1. The maximum Gasteiger partial charge on any atom is 0.0487 e. The molecule has 2 nitrogen and oxygen atoms in total. The molecule has 0 amide bonds. The van der Waals surface area contributed by atoms with E-state index in [0.29, 0.717) is 5.88 Å². The van der Waals surface area contributed by atoms with Crippen LogP contribution in [-0.4, -0.2) is 10.2 Å². The summed E-state index contributed by atoms with van der Waals surface area (Å²) in [5.74, 6) is 0.612. The van der Waals surface area contributed by atoms with Gasteiger partial charge in [-0.15, -0.1) is 11.6 Å². The smallest absolute Gasteiger partial charge is 0.0487 e. The molecule has 2 rings (SSSR count). The van der Waals surface area contributed by atoms with Gasteiger partial charge >= 0.3 is 0 Å². The largest absolute Gasteiger partial charge is 0.286 e. The van der Waals surface area contributed by atoms with E-state index in [0.717, 1.165) is 0 Å². The average Bonchev–Trinajstić information content (AvgIpc) is 2.77. The monoisotopic (exact) mass is 194 g/mol. The van der Waals surface area contributed by atoms with E-state index in [1.807, 2.05) is 36.4 Å². The minimum atomic E-state index is 0.612. The van der Waals surface area contributed by atoms with E-state index in [2.05, 4.69) is 10.2 Å². The fourth-order valence-corrected chi connectivity index (χ4v) is 0.960. The predicted octanol–water partition coefficient (Wildman–Crippen LogP) is 2.84. The standard InChI is InChI=1S/C7H7Cl.C3H4N2/c8-6-7-4-2-1-3-5-7;1-2-4-5-3-1/h1-5H,6H2;1-3H,(H,4,5). The van der Waals surface area contributed by atoms with Crippen LogP contribution in [0.25, 0.3) is 0 Å². The number of hydrogen-bond acceptors (Lipinski definition) is 1. The normalized spacial score (nSPS) is 8.69. The Morgan fingerprint density at radius 3 is 2.23 bits per heavy atom. The lowest BCUT2D eigenvalue weighted by Crippen LogP contribution is -1.71. The van der Waals surface area contributed by atoms with Crippen molar-refractivity contribution in [1.82, 2.24) is 10.2 Å².